The van der Waals surface area contributed by atoms with Crippen molar-refractivity contribution >= 4 is 17.6 Å². The lowest BCUT2D eigenvalue weighted by atomic mass is 10.1. The van der Waals surface area contributed by atoms with E-state index >= 15 is 0 Å². The number of hydrogen-bond acceptors (Lipinski definition) is 3. The van der Waals surface area contributed by atoms with Crippen LogP contribution >= 0.6 is 0 Å². The molecular formula is C13H17NO4. The maximum absolute atomic E-state index is 10.5. The summed E-state index contributed by atoms with van der Waals surface area (Å²) >= 11 is 0. The van der Waals surface area contributed by atoms with Crippen LogP contribution in [0.4, 0.5) is 5.69 Å². The predicted octanol–water partition coefficient (Wildman–Crippen LogP) is 1.61. The fourth-order valence-corrected chi connectivity index (χ4v) is 1.70. The molecule has 0 unspecified atom stereocenters. The van der Waals surface area contributed by atoms with E-state index in [1.807, 2.05) is 24.0 Å². The second-order valence-corrected chi connectivity index (χ2v) is 3.96. The summed E-state index contributed by atoms with van der Waals surface area (Å²) < 4.78 is 0. The standard InChI is InChI=1S/C13H17NO4/c1-2-14(8-7-12(15)16)11-5-3-10(4-6-11)9-13(17)18/h3-6H,2,7-9H2,1H3,(H,15,16)(H,17,18). The van der Waals surface area contributed by atoms with Crippen LogP contribution in [0, 0.1) is 0 Å². The SMILES string of the molecule is CCN(CCC(=O)O)c1ccc(CC(=O)O)cc1. The Morgan fingerprint density at radius 3 is 2.17 bits per heavy atom. The molecule has 0 aromatic heterocycles. The molecule has 0 radical (unpaired) electrons. The zero-order chi connectivity index (χ0) is 13.5. The molecule has 18 heavy (non-hydrogen) atoms. The number of nitrogens with zero attached hydrogens (tertiary/aromatic N) is 1. The van der Waals surface area contributed by atoms with E-state index < -0.39 is 11.9 Å². The lowest BCUT2D eigenvalue weighted by Gasteiger charge is -2.22. The molecular weight excluding hydrogens is 234 g/mol. The van der Waals surface area contributed by atoms with Crippen molar-refractivity contribution in [2.75, 3.05) is 18.0 Å². The summed E-state index contributed by atoms with van der Waals surface area (Å²) in [4.78, 5) is 23.0. The molecule has 0 bridgehead atoms. The number of aliphatic carboxylic acids is 2. The molecule has 0 amide bonds. The van der Waals surface area contributed by atoms with Crippen molar-refractivity contribution < 1.29 is 19.8 Å². The Kier molecular flexibility index (Phi) is 5.17. The first kappa shape index (κ1) is 14.0. The third kappa shape index (κ3) is 4.45. The molecule has 98 valence electrons. The van der Waals surface area contributed by atoms with E-state index in [4.69, 9.17) is 10.2 Å². The molecule has 0 aliphatic rings. The Morgan fingerprint density at radius 2 is 1.72 bits per heavy atom. The molecule has 0 fully saturated rings. The largest absolute Gasteiger partial charge is 0.481 e. The van der Waals surface area contributed by atoms with Gasteiger partial charge < -0.3 is 15.1 Å². The highest BCUT2D eigenvalue weighted by atomic mass is 16.4. The van der Waals surface area contributed by atoms with Gasteiger partial charge in [0.2, 0.25) is 0 Å². The van der Waals surface area contributed by atoms with Crippen LogP contribution in [0.25, 0.3) is 0 Å². The minimum atomic E-state index is -0.860. The van der Waals surface area contributed by atoms with E-state index in [1.54, 1.807) is 12.1 Å². The fraction of sp³-hybridized carbons (Fsp3) is 0.385. The van der Waals surface area contributed by atoms with Crippen molar-refractivity contribution in [3.8, 4) is 0 Å². The molecule has 0 saturated carbocycles. The minimum absolute atomic E-state index is 0.00152. The van der Waals surface area contributed by atoms with Gasteiger partial charge in [0.15, 0.2) is 0 Å². The summed E-state index contributed by atoms with van der Waals surface area (Å²) in [6.07, 6.45) is 0.0895. The Labute approximate surface area is 106 Å². The zero-order valence-electron chi connectivity index (χ0n) is 10.3. The summed E-state index contributed by atoms with van der Waals surface area (Å²) in [5.74, 6) is -1.68. The van der Waals surface area contributed by atoms with Gasteiger partial charge in [-0.15, -0.1) is 0 Å². The summed E-state index contributed by atoms with van der Waals surface area (Å²) in [7, 11) is 0. The van der Waals surface area contributed by atoms with Crippen molar-refractivity contribution in [2.24, 2.45) is 0 Å². The first-order valence-electron chi connectivity index (χ1n) is 5.80. The van der Waals surface area contributed by atoms with E-state index in [9.17, 15) is 9.59 Å². The average molecular weight is 251 g/mol. The highest BCUT2D eigenvalue weighted by Gasteiger charge is 2.07. The van der Waals surface area contributed by atoms with Gasteiger partial charge in [0.05, 0.1) is 12.8 Å². The van der Waals surface area contributed by atoms with Crippen molar-refractivity contribution in [2.45, 2.75) is 19.8 Å². The van der Waals surface area contributed by atoms with Crippen LogP contribution in [0.3, 0.4) is 0 Å². The third-order valence-corrected chi connectivity index (χ3v) is 2.63. The van der Waals surface area contributed by atoms with Gasteiger partial charge in [0, 0.05) is 18.8 Å². The van der Waals surface area contributed by atoms with Crippen LogP contribution in [-0.2, 0) is 16.0 Å². The van der Waals surface area contributed by atoms with Gasteiger partial charge in [-0.3, -0.25) is 9.59 Å². The van der Waals surface area contributed by atoms with Crippen LogP contribution in [0.15, 0.2) is 24.3 Å². The number of anilines is 1. The average Bonchev–Trinajstić information content (AvgIpc) is 2.31. The molecule has 0 atom stereocenters. The van der Waals surface area contributed by atoms with Crippen LogP contribution in [0.1, 0.15) is 18.9 Å². The highest BCUT2D eigenvalue weighted by molar-refractivity contribution is 5.70. The first-order chi connectivity index (χ1) is 8.52. The van der Waals surface area contributed by atoms with Crippen LogP contribution in [-0.4, -0.2) is 35.2 Å². The smallest absolute Gasteiger partial charge is 0.307 e. The van der Waals surface area contributed by atoms with Gasteiger partial charge in [-0.2, -0.15) is 0 Å². The molecule has 5 nitrogen and oxygen atoms in total. The number of carboxylic acids is 2. The molecule has 5 heteroatoms. The maximum Gasteiger partial charge on any atom is 0.307 e. The number of carboxylic acid groups (broad SMARTS) is 2. The molecule has 1 aromatic carbocycles. The number of benzene rings is 1. The topological polar surface area (TPSA) is 77.8 Å². The third-order valence-electron chi connectivity index (χ3n) is 2.63. The predicted molar refractivity (Wildman–Crippen MR) is 67.9 cm³/mol. The monoisotopic (exact) mass is 251 g/mol. The Morgan fingerprint density at radius 1 is 1.11 bits per heavy atom. The second-order valence-electron chi connectivity index (χ2n) is 3.96. The van der Waals surface area contributed by atoms with E-state index in [0.29, 0.717) is 13.1 Å². The molecule has 0 heterocycles. The normalized spacial score (nSPS) is 10.1. The summed E-state index contributed by atoms with van der Waals surface area (Å²) in [6.45, 7) is 3.11. The van der Waals surface area contributed by atoms with Crippen molar-refractivity contribution in [1.82, 2.24) is 0 Å². The molecule has 0 saturated heterocycles. The molecule has 1 rings (SSSR count). The van der Waals surface area contributed by atoms with E-state index in [0.717, 1.165) is 11.3 Å². The lowest BCUT2D eigenvalue weighted by Crippen LogP contribution is -2.25. The van der Waals surface area contributed by atoms with E-state index in [2.05, 4.69) is 0 Å². The Balaban J connectivity index is 2.69. The van der Waals surface area contributed by atoms with Gasteiger partial charge in [-0.05, 0) is 24.6 Å². The zero-order valence-corrected chi connectivity index (χ0v) is 10.3. The van der Waals surface area contributed by atoms with Crippen LogP contribution in [0.5, 0.6) is 0 Å². The second kappa shape index (κ2) is 6.64. The lowest BCUT2D eigenvalue weighted by molar-refractivity contribution is -0.137. The number of rotatable bonds is 7. The van der Waals surface area contributed by atoms with E-state index in [-0.39, 0.29) is 12.8 Å². The molecule has 0 aliphatic heterocycles. The van der Waals surface area contributed by atoms with Gasteiger partial charge in [0.25, 0.3) is 0 Å². The maximum atomic E-state index is 10.5. The summed E-state index contributed by atoms with van der Waals surface area (Å²) in [5.41, 5.74) is 1.65. The van der Waals surface area contributed by atoms with Crippen molar-refractivity contribution in [3.63, 3.8) is 0 Å². The molecule has 0 spiro atoms. The molecule has 1 aromatic rings. The number of carbonyl (C=O) groups is 2. The van der Waals surface area contributed by atoms with Crippen molar-refractivity contribution in [1.29, 1.82) is 0 Å². The number of hydrogen-bond donors (Lipinski definition) is 2. The minimum Gasteiger partial charge on any atom is -0.481 e. The van der Waals surface area contributed by atoms with E-state index in [1.165, 1.54) is 0 Å². The molecule has 2 N–H and O–H groups in total. The quantitative estimate of drug-likeness (QED) is 0.769. The van der Waals surface area contributed by atoms with Gasteiger partial charge in [0.1, 0.15) is 0 Å². The Hall–Kier alpha value is -2.04. The highest BCUT2D eigenvalue weighted by Crippen LogP contribution is 2.15. The summed E-state index contributed by atoms with van der Waals surface area (Å²) in [5, 5.41) is 17.3. The van der Waals surface area contributed by atoms with Gasteiger partial charge in [-0.25, -0.2) is 0 Å². The van der Waals surface area contributed by atoms with Gasteiger partial charge in [-0.1, -0.05) is 12.1 Å². The van der Waals surface area contributed by atoms with Crippen molar-refractivity contribution in [3.05, 3.63) is 29.8 Å². The van der Waals surface area contributed by atoms with Crippen LogP contribution in [0.2, 0.25) is 0 Å². The van der Waals surface area contributed by atoms with Gasteiger partial charge >= 0.3 is 11.9 Å². The molecule has 0 aliphatic carbocycles. The summed E-state index contributed by atoms with van der Waals surface area (Å²) in [6, 6.07) is 7.16. The fourth-order valence-electron chi connectivity index (χ4n) is 1.70. The first-order valence-corrected chi connectivity index (χ1v) is 5.80. The van der Waals surface area contributed by atoms with Crippen LogP contribution < -0.4 is 4.90 Å². The Bertz CT molecular complexity index is 414.